The van der Waals surface area contributed by atoms with Crippen LogP contribution in [0.3, 0.4) is 0 Å². The largest absolute Gasteiger partial charge is 0.242 e. The Balaban J connectivity index is 3.17. The molecular weight excluding hydrogens is 350 g/mol. The molecule has 0 saturated heterocycles. The summed E-state index contributed by atoms with van der Waals surface area (Å²) in [5.74, 6) is 0. The molecule has 108 valence electrons. The summed E-state index contributed by atoms with van der Waals surface area (Å²) in [6, 6.07) is 4.77. The number of halogens is 2. The van der Waals surface area contributed by atoms with Crippen molar-refractivity contribution in [1.29, 1.82) is 0 Å². The highest BCUT2D eigenvalue weighted by Gasteiger charge is 2.31. The van der Waals surface area contributed by atoms with E-state index in [1.807, 2.05) is 20.8 Å². The highest BCUT2D eigenvalue weighted by atomic mass is 79.9. The van der Waals surface area contributed by atoms with E-state index in [4.69, 9.17) is 11.6 Å². The van der Waals surface area contributed by atoms with E-state index in [9.17, 15) is 8.42 Å². The zero-order valence-corrected chi connectivity index (χ0v) is 14.5. The predicted octanol–water partition coefficient (Wildman–Crippen LogP) is 4.35. The highest BCUT2D eigenvalue weighted by molar-refractivity contribution is 9.10. The first-order valence-electron chi connectivity index (χ1n) is 6.29. The van der Waals surface area contributed by atoms with Crippen molar-refractivity contribution < 1.29 is 8.42 Å². The van der Waals surface area contributed by atoms with Crippen LogP contribution in [0.5, 0.6) is 0 Å². The fourth-order valence-electron chi connectivity index (χ4n) is 2.00. The molecule has 3 nitrogen and oxygen atoms in total. The summed E-state index contributed by atoms with van der Waals surface area (Å²) in [5.41, 5.74) is -0.408. The van der Waals surface area contributed by atoms with Gasteiger partial charge in [0.05, 0.1) is 5.02 Å². The van der Waals surface area contributed by atoms with Gasteiger partial charge in [0.25, 0.3) is 0 Å². The summed E-state index contributed by atoms with van der Waals surface area (Å²) >= 11 is 9.29. The molecule has 0 aliphatic carbocycles. The minimum Gasteiger partial charge on any atom is -0.207 e. The molecule has 1 rings (SSSR count). The van der Waals surface area contributed by atoms with Crippen LogP contribution in [0.1, 0.15) is 40.0 Å². The van der Waals surface area contributed by atoms with E-state index in [2.05, 4.69) is 20.7 Å². The van der Waals surface area contributed by atoms with Gasteiger partial charge in [0.1, 0.15) is 4.90 Å². The normalized spacial score (nSPS) is 12.7. The molecule has 0 fully saturated rings. The number of benzene rings is 1. The molecule has 19 heavy (non-hydrogen) atoms. The Bertz CT molecular complexity index is 533. The number of nitrogens with one attached hydrogen (secondary N) is 1. The summed E-state index contributed by atoms with van der Waals surface area (Å²) in [6.07, 6.45) is 2.23. The van der Waals surface area contributed by atoms with Gasteiger partial charge >= 0.3 is 0 Å². The van der Waals surface area contributed by atoms with Gasteiger partial charge in [-0.2, -0.15) is 0 Å². The minimum absolute atomic E-state index is 0.122. The second-order valence-corrected chi connectivity index (χ2v) is 7.49. The second kappa shape index (κ2) is 6.57. The molecule has 1 N–H and O–H groups in total. The van der Waals surface area contributed by atoms with Crippen molar-refractivity contribution in [2.45, 2.75) is 50.5 Å². The van der Waals surface area contributed by atoms with E-state index in [1.54, 1.807) is 12.1 Å². The third-order valence-corrected chi connectivity index (χ3v) is 6.12. The molecule has 1 aromatic carbocycles. The van der Waals surface area contributed by atoms with Crippen LogP contribution >= 0.6 is 27.5 Å². The molecule has 1 aromatic rings. The SMILES string of the molecule is CCC(CC)(CC)NS(=O)(=O)c1ccc(Br)cc1Cl. The second-order valence-electron chi connectivity index (χ2n) is 4.52. The Hall–Kier alpha value is -0.100. The van der Waals surface area contributed by atoms with Crippen molar-refractivity contribution in [3.05, 3.63) is 27.7 Å². The molecule has 0 bridgehead atoms. The van der Waals surface area contributed by atoms with Crippen molar-refractivity contribution in [3.63, 3.8) is 0 Å². The van der Waals surface area contributed by atoms with Crippen LogP contribution < -0.4 is 4.72 Å². The third-order valence-electron chi connectivity index (χ3n) is 3.56. The lowest BCUT2D eigenvalue weighted by Gasteiger charge is -2.31. The molecule has 0 aromatic heterocycles. The Morgan fingerprint density at radius 2 is 1.74 bits per heavy atom. The van der Waals surface area contributed by atoms with Crippen LogP contribution in [0.4, 0.5) is 0 Å². The fraction of sp³-hybridized carbons (Fsp3) is 0.538. The van der Waals surface area contributed by atoms with Crippen molar-refractivity contribution in [3.8, 4) is 0 Å². The number of rotatable bonds is 6. The first kappa shape index (κ1) is 17.0. The number of sulfonamides is 1. The Morgan fingerprint density at radius 1 is 1.21 bits per heavy atom. The first-order chi connectivity index (χ1) is 8.80. The maximum absolute atomic E-state index is 12.4. The lowest BCUT2D eigenvalue weighted by molar-refractivity contribution is 0.341. The molecule has 0 aliphatic rings. The smallest absolute Gasteiger partial charge is 0.207 e. The van der Waals surface area contributed by atoms with E-state index in [-0.39, 0.29) is 9.92 Å². The van der Waals surface area contributed by atoms with Gasteiger partial charge in [-0.1, -0.05) is 48.3 Å². The summed E-state index contributed by atoms with van der Waals surface area (Å²) < 4.78 is 28.5. The summed E-state index contributed by atoms with van der Waals surface area (Å²) in [7, 11) is -3.60. The van der Waals surface area contributed by atoms with E-state index < -0.39 is 15.6 Å². The van der Waals surface area contributed by atoms with Gasteiger partial charge in [-0.05, 0) is 37.5 Å². The van der Waals surface area contributed by atoms with Crippen molar-refractivity contribution in [2.24, 2.45) is 0 Å². The molecular formula is C13H19BrClNO2S. The molecule has 0 amide bonds. The van der Waals surface area contributed by atoms with Crippen LogP contribution in [-0.4, -0.2) is 14.0 Å². The lowest BCUT2D eigenvalue weighted by atomic mass is 9.91. The van der Waals surface area contributed by atoms with Crippen molar-refractivity contribution in [2.75, 3.05) is 0 Å². The minimum atomic E-state index is -3.60. The average molecular weight is 369 g/mol. The number of hydrogen-bond donors (Lipinski definition) is 1. The van der Waals surface area contributed by atoms with Gasteiger partial charge in [0.2, 0.25) is 10.0 Å². The maximum Gasteiger partial charge on any atom is 0.242 e. The predicted molar refractivity (Wildman–Crippen MR) is 83.1 cm³/mol. The van der Waals surface area contributed by atoms with Crippen LogP contribution in [0.15, 0.2) is 27.6 Å². The zero-order valence-electron chi connectivity index (χ0n) is 11.3. The Morgan fingerprint density at radius 3 is 2.16 bits per heavy atom. The van der Waals surface area contributed by atoms with E-state index >= 15 is 0 Å². The Kier molecular flexibility index (Phi) is 5.86. The quantitative estimate of drug-likeness (QED) is 0.811. The van der Waals surface area contributed by atoms with Gasteiger partial charge in [-0.3, -0.25) is 0 Å². The molecule has 0 radical (unpaired) electrons. The van der Waals surface area contributed by atoms with Gasteiger partial charge in [-0.15, -0.1) is 0 Å². The van der Waals surface area contributed by atoms with Gasteiger partial charge in [0.15, 0.2) is 0 Å². The van der Waals surface area contributed by atoms with E-state index in [0.717, 1.165) is 23.7 Å². The molecule has 0 heterocycles. The Labute approximate surface area is 128 Å². The van der Waals surface area contributed by atoms with Crippen LogP contribution in [0.2, 0.25) is 5.02 Å². The molecule has 0 atom stereocenters. The van der Waals surface area contributed by atoms with Crippen LogP contribution in [0, 0.1) is 0 Å². The maximum atomic E-state index is 12.4. The topological polar surface area (TPSA) is 46.2 Å². The number of hydrogen-bond acceptors (Lipinski definition) is 2. The van der Waals surface area contributed by atoms with E-state index in [1.165, 1.54) is 6.07 Å². The van der Waals surface area contributed by atoms with Gasteiger partial charge in [-0.25, -0.2) is 13.1 Å². The summed E-state index contributed by atoms with van der Waals surface area (Å²) in [6.45, 7) is 5.95. The zero-order chi connectivity index (χ0) is 14.7. The highest BCUT2D eigenvalue weighted by Crippen LogP contribution is 2.28. The molecule has 0 saturated carbocycles. The average Bonchev–Trinajstić information content (AvgIpc) is 2.35. The molecule has 0 aliphatic heterocycles. The molecule has 6 heteroatoms. The summed E-state index contributed by atoms with van der Waals surface area (Å²) in [4.78, 5) is 0.122. The van der Waals surface area contributed by atoms with Crippen LogP contribution in [-0.2, 0) is 10.0 Å². The first-order valence-corrected chi connectivity index (χ1v) is 8.94. The molecule has 0 unspecified atom stereocenters. The van der Waals surface area contributed by atoms with Gasteiger partial charge in [0, 0.05) is 10.0 Å². The lowest BCUT2D eigenvalue weighted by Crippen LogP contribution is -2.47. The molecule has 0 spiro atoms. The van der Waals surface area contributed by atoms with Gasteiger partial charge < -0.3 is 0 Å². The standard InChI is InChI=1S/C13H19BrClNO2S/c1-4-13(5-2,6-3)16-19(17,18)12-8-7-10(14)9-11(12)15/h7-9,16H,4-6H2,1-3H3. The van der Waals surface area contributed by atoms with Crippen molar-refractivity contribution in [1.82, 2.24) is 4.72 Å². The fourth-order valence-corrected chi connectivity index (χ4v) is 4.65. The third kappa shape index (κ3) is 3.94. The van der Waals surface area contributed by atoms with Crippen LogP contribution in [0.25, 0.3) is 0 Å². The monoisotopic (exact) mass is 367 g/mol. The van der Waals surface area contributed by atoms with Crippen molar-refractivity contribution >= 4 is 37.6 Å². The van der Waals surface area contributed by atoms with E-state index in [0.29, 0.717) is 0 Å². The summed E-state index contributed by atoms with van der Waals surface area (Å²) in [5, 5.41) is 0.221.